The Morgan fingerprint density at radius 3 is 2.19 bits per heavy atom. The number of rotatable bonds is 7. The molecule has 0 aliphatic heterocycles. The van der Waals surface area contributed by atoms with E-state index < -0.39 is 0 Å². The van der Waals surface area contributed by atoms with Crippen LogP contribution in [0.3, 0.4) is 0 Å². The molecule has 0 aliphatic rings. The highest BCUT2D eigenvalue weighted by Gasteiger charge is 2.12. The molecule has 0 saturated carbocycles. The zero-order valence-electron chi connectivity index (χ0n) is 11.6. The molecule has 0 radical (unpaired) electrons. The van der Waals surface area contributed by atoms with Crippen molar-refractivity contribution < 1.29 is 4.79 Å². The summed E-state index contributed by atoms with van der Waals surface area (Å²) in [7, 11) is 5.97. The van der Waals surface area contributed by atoms with E-state index in [1.807, 2.05) is 20.9 Å². The third kappa shape index (κ3) is 6.80. The molecule has 0 aromatic rings. The Kier molecular flexibility index (Phi) is 7.34. The standard InChI is InChI=1S/C12H27N3O/c1-10(2)15(6)12(16)9-13-11(3)7-8-14(4)5/h10-11,13H,7-9H2,1-6H3. The minimum Gasteiger partial charge on any atom is -0.342 e. The average molecular weight is 229 g/mol. The third-order valence-corrected chi connectivity index (χ3v) is 2.78. The number of likely N-dealkylation sites (N-methyl/N-ethyl adjacent to an activating group) is 1. The van der Waals surface area contributed by atoms with Crippen molar-refractivity contribution in [3.63, 3.8) is 0 Å². The molecule has 1 amide bonds. The molecule has 1 atom stereocenters. The summed E-state index contributed by atoms with van der Waals surface area (Å²) in [6.45, 7) is 7.64. The van der Waals surface area contributed by atoms with Gasteiger partial charge in [-0.3, -0.25) is 4.79 Å². The molecule has 0 spiro atoms. The molecule has 4 heteroatoms. The largest absolute Gasteiger partial charge is 0.342 e. The fraction of sp³-hybridized carbons (Fsp3) is 0.917. The van der Waals surface area contributed by atoms with Crippen LogP contribution in [-0.2, 0) is 4.79 Å². The highest BCUT2D eigenvalue weighted by Crippen LogP contribution is 1.95. The first-order valence-electron chi connectivity index (χ1n) is 5.98. The lowest BCUT2D eigenvalue weighted by molar-refractivity contribution is -0.130. The molecule has 0 saturated heterocycles. The Morgan fingerprint density at radius 2 is 1.75 bits per heavy atom. The minimum absolute atomic E-state index is 0.159. The summed E-state index contributed by atoms with van der Waals surface area (Å²) in [5.41, 5.74) is 0. The summed E-state index contributed by atoms with van der Waals surface area (Å²) in [4.78, 5) is 15.6. The van der Waals surface area contributed by atoms with Gasteiger partial charge in [-0.2, -0.15) is 0 Å². The van der Waals surface area contributed by atoms with E-state index in [4.69, 9.17) is 0 Å². The Bertz CT molecular complexity index is 204. The maximum atomic E-state index is 11.7. The molecular weight excluding hydrogens is 202 g/mol. The minimum atomic E-state index is 0.159. The Morgan fingerprint density at radius 1 is 1.19 bits per heavy atom. The van der Waals surface area contributed by atoms with Crippen LogP contribution in [0, 0.1) is 0 Å². The molecule has 4 nitrogen and oxygen atoms in total. The quantitative estimate of drug-likeness (QED) is 0.701. The van der Waals surface area contributed by atoms with Gasteiger partial charge in [0.05, 0.1) is 6.54 Å². The van der Waals surface area contributed by atoms with Gasteiger partial charge in [-0.25, -0.2) is 0 Å². The summed E-state index contributed by atoms with van der Waals surface area (Å²) in [6.07, 6.45) is 1.06. The summed E-state index contributed by atoms with van der Waals surface area (Å²) in [5, 5.41) is 3.26. The predicted octanol–water partition coefficient (Wildman–Crippen LogP) is 0.783. The monoisotopic (exact) mass is 229 g/mol. The topological polar surface area (TPSA) is 35.6 Å². The van der Waals surface area contributed by atoms with Crippen LogP contribution in [0.2, 0.25) is 0 Å². The van der Waals surface area contributed by atoms with Gasteiger partial charge in [0.25, 0.3) is 0 Å². The average Bonchev–Trinajstić information content (AvgIpc) is 2.21. The SMILES string of the molecule is CC(CCN(C)C)NCC(=O)N(C)C(C)C. The van der Waals surface area contributed by atoms with E-state index in [1.165, 1.54) is 0 Å². The normalized spacial score (nSPS) is 13.2. The van der Waals surface area contributed by atoms with Crippen LogP contribution in [-0.4, -0.2) is 62.0 Å². The van der Waals surface area contributed by atoms with Gasteiger partial charge in [0.2, 0.25) is 5.91 Å². The van der Waals surface area contributed by atoms with E-state index in [2.05, 4.69) is 31.2 Å². The lowest BCUT2D eigenvalue weighted by Gasteiger charge is -2.23. The zero-order chi connectivity index (χ0) is 12.7. The molecule has 0 rings (SSSR count). The van der Waals surface area contributed by atoms with E-state index in [9.17, 15) is 4.79 Å². The Labute approximate surface area is 100.0 Å². The highest BCUT2D eigenvalue weighted by molar-refractivity contribution is 5.78. The number of hydrogen-bond donors (Lipinski definition) is 1. The van der Waals surface area contributed by atoms with E-state index in [0.717, 1.165) is 13.0 Å². The molecule has 1 N–H and O–H groups in total. The van der Waals surface area contributed by atoms with Crippen LogP contribution in [0.25, 0.3) is 0 Å². The first-order chi connectivity index (χ1) is 7.34. The van der Waals surface area contributed by atoms with Crippen molar-refractivity contribution in [3.8, 4) is 0 Å². The predicted molar refractivity (Wildman–Crippen MR) is 68.5 cm³/mol. The summed E-state index contributed by atoms with van der Waals surface area (Å²) < 4.78 is 0. The Hall–Kier alpha value is -0.610. The molecule has 0 heterocycles. The van der Waals surface area contributed by atoms with E-state index in [1.54, 1.807) is 4.90 Å². The molecule has 16 heavy (non-hydrogen) atoms. The van der Waals surface area contributed by atoms with Crippen LogP contribution < -0.4 is 5.32 Å². The second-order valence-electron chi connectivity index (χ2n) is 4.97. The van der Waals surface area contributed by atoms with Gasteiger partial charge in [-0.1, -0.05) is 0 Å². The molecule has 0 aromatic carbocycles. The van der Waals surface area contributed by atoms with Gasteiger partial charge in [0.1, 0.15) is 0 Å². The Balaban J connectivity index is 3.75. The summed E-state index contributed by atoms with van der Waals surface area (Å²) in [5.74, 6) is 0.159. The lowest BCUT2D eigenvalue weighted by atomic mass is 10.2. The van der Waals surface area contributed by atoms with Gasteiger partial charge >= 0.3 is 0 Å². The molecule has 0 aliphatic carbocycles. The first-order valence-corrected chi connectivity index (χ1v) is 5.98. The maximum absolute atomic E-state index is 11.7. The molecular formula is C12H27N3O. The van der Waals surface area contributed by atoms with Gasteiger partial charge in [0.15, 0.2) is 0 Å². The van der Waals surface area contributed by atoms with Crippen LogP contribution in [0.4, 0.5) is 0 Å². The molecule has 1 unspecified atom stereocenters. The number of hydrogen-bond acceptors (Lipinski definition) is 3. The van der Waals surface area contributed by atoms with Gasteiger partial charge in [-0.15, -0.1) is 0 Å². The highest BCUT2D eigenvalue weighted by atomic mass is 16.2. The van der Waals surface area contributed by atoms with Crippen molar-refractivity contribution in [2.75, 3.05) is 34.2 Å². The number of nitrogens with one attached hydrogen (secondary N) is 1. The second kappa shape index (κ2) is 7.63. The van der Waals surface area contributed by atoms with E-state index >= 15 is 0 Å². The second-order valence-corrected chi connectivity index (χ2v) is 4.97. The van der Waals surface area contributed by atoms with E-state index in [-0.39, 0.29) is 11.9 Å². The van der Waals surface area contributed by atoms with Crippen molar-refractivity contribution in [2.45, 2.75) is 39.3 Å². The maximum Gasteiger partial charge on any atom is 0.236 e. The fourth-order valence-electron chi connectivity index (χ4n) is 1.23. The summed E-state index contributed by atoms with van der Waals surface area (Å²) >= 11 is 0. The van der Waals surface area contributed by atoms with E-state index in [0.29, 0.717) is 12.6 Å². The smallest absolute Gasteiger partial charge is 0.236 e. The molecule has 0 fully saturated rings. The lowest BCUT2D eigenvalue weighted by Crippen LogP contribution is -2.42. The summed E-state index contributed by atoms with van der Waals surface area (Å²) in [6, 6.07) is 0.651. The number of carbonyl (C=O) groups is 1. The molecule has 96 valence electrons. The van der Waals surface area contributed by atoms with Crippen molar-refractivity contribution >= 4 is 5.91 Å². The third-order valence-electron chi connectivity index (χ3n) is 2.78. The molecule has 0 aromatic heterocycles. The van der Waals surface area contributed by atoms with Crippen LogP contribution in [0.1, 0.15) is 27.2 Å². The first kappa shape index (κ1) is 15.4. The number of carbonyl (C=O) groups excluding carboxylic acids is 1. The van der Waals surface area contributed by atoms with Crippen molar-refractivity contribution in [3.05, 3.63) is 0 Å². The van der Waals surface area contributed by atoms with Gasteiger partial charge in [-0.05, 0) is 47.8 Å². The van der Waals surface area contributed by atoms with Crippen LogP contribution in [0.5, 0.6) is 0 Å². The van der Waals surface area contributed by atoms with Crippen molar-refractivity contribution in [1.82, 2.24) is 15.1 Å². The van der Waals surface area contributed by atoms with Crippen LogP contribution in [0.15, 0.2) is 0 Å². The molecule has 0 bridgehead atoms. The van der Waals surface area contributed by atoms with Gasteiger partial charge < -0.3 is 15.1 Å². The van der Waals surface area contributed by atoms with Crippen LogP contribution >= 0.6 is 0 Å². The zero-order valence-corrected chi connectivity index (χ0v) is 11.6. The van der Waals surface area contributed by atoms with Gasteiger partial charge in [0, 0.05) is 19.1 Å². The van der Waals surface area contributed by atoms with Crippen molar-refractivity contribution in [2.24, 2.45) is 0 Å². The van der Waals surface area contributed by atoms with Crippen molar-refractivity contribution in [1.29, 1.82) is 0 Å². The fourth-order valence-corrected chi connectivity index (χ4v) is 1.23. The number of amides is 1. The number of nitrogens with zero attached hydrogens (tertiary/aromatic N) is 2.